The molecule has 0 fully saturated rings. The van der Waals surface area contributed by atoms with Gasteiger partial charge in [0.1, 0.15) is 22.7 Å². The Morgan fingerprint density at radius 2 is 1.96 bits per heavy atom. The Morgan fingerprint density at radius 1 is 1.28 bits per heavy atom. The number of aromatic carboxylic acids is 1. The molecule has 0 saturated carbocycles. The summed E-state index contributed by atoms with van der Waals surface area (Å²) < 4.78 is 7.24. The smallest absolute Gasteiger partial charge is 0.335 e. The molecule has 1 heterocycles. The molecule has 0 spiro atoms. The van der Waals surface area contributed by atoms with Crippen LogP contribution in [-0.2, 0) is 12.1 Å². The molecule has 0 aliphatic rings. The van der Waals surface area contributed by atoms with Crippen molar-refractivity contribution in [3.63, 3.8) is 0 Å². The topological polar surface area (TPSA) is 84.6 Å². The van der Waals surface area contributed by atoms with E-state index in [1.54, 1.807) is 6.92 Å². The molecule has 130 valence electrons. The van der Waals surface area contributed by atoms with Crippen LogP contribution >= 0.6 is 0 Å². The van der Waals surface area contributed by atoms with Crippen LogP contribution in [0.1, 0.15) is 35.6 Å². The van der Waals surface area contributed by atoms with Crippen molar-refractivity contribution in [3.05, 3.63) is 59.4 Å². The molecule has 3 aromatic rings. The zero-order valence-corrected chi connectivity index (χ0v) is 14.4. The van der Waals surface area contributed by atoms with E-state index < -0.39 is 11.6 Å². The number of hydrogen-bond acceptors (Lipinski definition) is 4. The fourth-order valence-electron chi connectivity index (χ4n) is 3.08. The Bertz CT molecular complexity index is 929. The van der Waals surface area contributed by atoms with E-state index in [0.29, 0.717) is 34.7 Å². The van der Waals surface area contributed by atoms with Gasteiger partial charge >= 0.3 is 5.97 Å². The lowest BCUT2D eigenvalue weighted by Gasteiger charge is -2.24. The van der Waals surface area contributed by atoms with Crippen molar-refractivity contribution in [2.45, 2.75) is 26.0 Å². The fourth-order valence-corrected chi connectivity index (χ4v) is 3.08. The van der Waals surface area contributed by atoms with Crippen molar-refractivity contribution < 1.29 is 19.7 Å². The van der Waals surface area contributed by atoms with E-state index in [1.165, 1.54) is 19.2 Å². The van der Waals surface area contributed by atoms with Crippen LogP contribution in [0.5, 0.6) is 5.75 Å². The van der Waals surface area contributed by atoms with Crippen LogP contribution in [0.15, 0.2) is 42.5 Å². The van der Waals surface area contributed by atoms with Crippen molar-refractivity contribution >= 4 is 17.0 Å². The van der Waals surface area contributed by atoms with Gasteiger partial charge in [-0.2, -0.15) is 0 Å². The van der Waals surface area contributed by atoms with Crippen LogP contribution < -0.4 is 4.74 Å². The summed E-state index contributed by atoms with van der Waals surface area (Å²) in [6, 6.07) is 12.2. The average molecular weight is 340 g/mol. The standard InChI is InChI=1S/C19H20N2O4/c1-4-21-16-14(10-12(17(22)23)11-15(16)25-3)20-18(21)19(2,24)13-8-6-5-7-9-13/h5-11,24H,4H2,1-3H3,(H,22,23). The van der Waals surface area contributed by atoms with Crippen LogP contribution in [0.2, 0.25) is 0 Å². The Hall–Kier alpha value is -2.86. The molecule has 1 atom stereocenters. The second-order valence-electron chi connectivity index (χ2n) is 5.97. The van der Waals surface area contributed by atoms with Crippen LogP contribution in [-0.4, -0.2) is 32.8 Å². The maximum absolute atomic E-state index is 11.4. The number of aryl methyl sites for hydroxylation is 1. The number of aliphatic hydroxyl groups is 1. The Morgan fingerprint density at radius 3 is 2.52 bits per heavy atom. The van der Waals surface area contributed by atoms with Gasteiger partial charge in [0.05, 0.1) is 18.2 Å². The number of benzene rings is 2. The minimum atomic E-state index is -1.33. The van der Waals surface area contributed by atoms with Crippen molar-refractivity contribution in [3.8, 4) is 5.75 Å². The summed E-state index contributed by atoms with van der Waals surface area (Å²) in [5.41, 5.74) is 0.615. The van der Waals surface area contributed by atoms with Gasteiger partial charge in [0.15, 0.2) is 0 Å². The Balaban J connectivity index is 2.31. The van der Waals surface area contributed by atoms with E-state index in [1.807, 2.05) is 41.8 Å². The Labute approximate surface area is 145 Å². The highest BCUT2D eigenvalue weighted by Crippen LogP contribution is 2.35. The number of rotatable bonds is 5. The first-order valence-electron chi connectivity index (χ1n) is 8.00. The highest BCUT2D eigenvalue weighted by Gasteiger charge is 2.32. The predicted molar refractivity (Wildman–Crippen MR) is 94.0 cm³/mol. The minimum absolute atomic E-state index is 0.0935. The van der Waals surface area contributed by atoms with Crippen LogP contribution in [0, 0.1) is 0 Å². The molecule has 2 N–H and O–H groups in total. The Kier molecular flexibility index (Phi) is 4.22. The maximum Gasteiger partial charge on any atom is 0.335 e. The van der Waals surface area contributed by atoms with Gasteiger partial charge in [-0.15, -0.1) is 0 Å². The van der Waals surface area contributed by atoms with Gasteiger partial charge < -0.3 is 19.5 Å². The quantitative estimate of drug-likeness (QED) is 0.746. The van der Waals surface area contributed by atoms with Gasteiger partial charge in [0, 0.05) is 6.54 Å². The van der Waals surface area contributed by atoms with E-state index in [2.05, 4.69) is 4.98 Å². The highest BCUT2D eigenvalue weighted by molar-refractivity contribution is 5.95. The molecule has 2 aromatic carbocycles. The zero-order chi connectivity index (χ0) is 18.2. The number of imidazole rings is 1. The molecule has 0 bridgehead atoms. The first-order chi connectivity index (χ1) is 11.9. The normalized spacial score (nSPS) is 13.6. The monoisotopic (exact) mass is 340 g/mol. The molecular formula is C19H20N2O4. The third-order valence-electron chi connectivity index (χ3n) is 4.36. The number of methoxy groups -OCH3 is 1. The lowest BCUT2D eigenvalue weighted by Crippen LogP contribution is -2.27. The molecule has 1 aromatic heterocycles. The molecule has 6 heteroatoms. The predicted octanol–water partition coefficient (Wildman–Crippen LogP) is 3.02. The number of aromatic nitrogens is 2. The number of hydrogen-bond donors (Lipinski definition) is 2. The van der Waals surface area contributed by atoms with E-state index >= 15 is 0 Å². The average Bonchev–Trinajstić information content (AvgIpc) is 3.01. The first kappa shape index (κ1) is 17.0. The third kappa shape index (κ3) is 2.74. The van der Waals surface area contributed by atoms with Gasteiger partial charge in [-0.25, -0.2) is 9.78 Å². The fraction of sp³-hybridized carbons (Fsp3) is 0.263. The van der Waals surface area contributed by atoms with E-state index in [0.717, 1.165) is 0 Å². The summed E-state index contributed by atoms with van der Waals surface area (Å²) in [5.74, 6) is -0.195. The van der Waals surface area contributed by atoms with Crippen molar-refractivity contribution in [2.75, 3.05) is 7.11 Å². The van der Waals surface area contributed by atoms with Crippen molar-refractivity contribution in [1.82, 2.24) is 9.55 Å². The highest BCUT2D eigenvalue weighted by atomic mass is 16.5. The molecule has 0 amide bonds. The molecule has 6 nitrogen and oxygen atoms in total. The lowest BCUT2D eigenvalue weighted by atomic mass is 9.95. The molecule has 0 radical (unpaired) electrons. The summed E-state index contributed by atoms with van der Waals surface area (Å²) >= 11 is 0. The molecule has 25 heavy (non-hydrogen) atoms. The largest absolute Gasteiger partial charge is 0.494 e. The number of fused-ring (bicyclic) bond motifs is 1. The summed E-state index contributed by atoms with van der Waals surface area (Å²) in [6.45, 7) is 4.17. The van der Waals surface area contributed by atoms with Crippen molar-refractivity contribution in [2.24, 2.45) is 0 Å². The molecule has 0 aliphatic heterocycles. The lowest BCUT2D eigenvalue weighted by molar-refractivity contribution is 0.0696. The van der Waals surface area contributed by atoms with Crippen molar-refractivity contribution in [1.29, 1.82) is 0 Å². The maximum atomic E-state index is 11.4. The molecule has 0 saturated heterocycles. The van der Waals surface area contributed by atoms with Gasteiger partial charge in [-0.1, -0.05) is 30.3 Å². The number of carboxylic acid groups (broad SMARTS) is 1. The zero-order valence-electron chi connectivity index (χ0n) is 14.4. The van der Waals surface area contributed by atoms with E-state index in [9.17, 15) is 15.0 Å². The van der Waals surface area contributed by atoms with Crippen LogP contribution in [0.3, 0.4) is 0 Å². The van der Waals surface area contributed by atoms with Gasteiger partial charge in [-0.3, -0.25) is 0 Å². The van der Waals surface area contributed by atoms with Crippen LogP contribution in [0.25, 0.3) is 11.0 Å². The summed E-state index contributed by atoms with van der Waals surface area (Å²) in [7, 11) is 1.49. The minimum Gasteiger partial charge on any atom is -0.494 e. The van der Waals surface area contributed by atoms with E-state index in [4.69, 9.17) is 4.74 Å². The molecule has 1 unspecified atom stereocenters. The first-order valence-corrected chi connectivity index (χ1v) is 8.00. The molecule has 3 rings (SSSR count). The SMILES string of the molecule is CCn1c(C(C)(O)c2ccccc2)nc2cc(C(=O)O)cc(OC)c21. The van der Waals surface area contributed by atoms with Gasteiger partial charge in [0.2, 0.25) is 0 Å². The van der Waals surface area contributed by atoms with Crippen LogP contribution in [0.4, 0.5) is 0 Å². The van der Waals surface area contributed by atoms with E-state index in [-0.39, 0.29) is 5.56 Å². The summed E-state index contributed by atoms with van der Waals surface area (Å²) in [4.78, 5) is 15.9. The number of carbonyl (C=O) groups is 1. The summed E-state index contributed by atoms with van der Waals surface area (Å²) in [6.07, 6.45) is 0. The summed E-state index contributed by atoms with van der Waals surface area (Å²) in [5, 5.41) is 20.5. The number of nitrogens with zero attached hydrogens (tertiary/aromatic N) is 2. The molecule has 0 aliphatic carbocycles. The molecular weight excluding hydrogens is 320 g/mol. The second-order valence-corrected chi connectivity index (χ2v) is 5.97. The second kappa shape index (κ2) is 6.22. The number of ether oxygens (including phenoxy) is 1. The van der Waals surface area contributed by atoms with Gasteiger partial charge in [0.25, 0.3) is 0 Å². The third-order valence-corrected chi connectivity index (χ3v) is 4.36. The number of carboxylic acids is 1. The van der Waals surface area contributed by atoms with Gasteiger partial charge in [-0.05, 0) is 31.5 Å².